The van der Waals surface area contributed by atoms with Crippen LogP contribution in [0.1, 0.15) is 46.1 Å². The summed E-state index contributed by atoms with van der Waals surface area (Å²) in [5, 5.41) is 21.8. The van der Waals surface area contributed by atoms with Crippen molar-refractivity contribution in [2.24, 2.45) is 4.99 Å². The number of benzene rings is 1. The third-order valence-electron chi connectivity index (χ3n) is 4.27. The van der Waals surface area contributed by atoms with E-state index in [1.165, 1.54) is 29.7 Å². The van der Waals surface area contributed by atoms with Gasteiger partial charge in [-0.05, 0) is 66.2 Å². The van der Waals surface area contributed by atoms with Gasteiger partial charge in [0, 0.05) is 16.7 Å². The van der Waals surface area contributed by atoms with Crippen LogP contribution in [0.25, 0.3) is 0 Å². The molecule has 2 aromatic rings. The first-order chi connectivity index (χ1) is 12.9. The number of rotatable bonds is 5. The lowest BCUT2D eigenvalue weighted by molar-refractivity contribution is -0.386. The zero-order valence-corrected chi connectivity index (χ0v) is 16.9. The van der Waals surface area contributed by atoms with Crippen LogP contribution in [-0.4, -0.2) is 28.8 Å². The Balaban J connectivity index is 2.03. The predicted molar refractivity (Wildman–Crippen MR) is 107 cm³/mol. The highest BCUT2D eigenvalue weighted by molar-refractivity contribution is 9.10. The van der Waals surface area contributed by atoms with E-state index >= 15 is 0 Å². The second-order valence-corrected chi connectivity index (χ2v) is 7.90. The number of hydrogen-bond donors (Lipinski definition) is 1. The molecule has 1 aromatic carbocycles. The third-order valence-corrected chi connectivity index (χ3v) is 6.11. The van der Waals surface area contributed by atoms with Crippen LogP contribution >= 0.6 is 27.3 Å². The fourth-order valence-electron chi connectivity index (χ4n) is 3.03. The number of carbonyl (C=O) groups excluding carboxylic acids is 1. The van der Waals surface area contributed by atoms with Gasteiger partial charge in [-0.2, -0.15) is 0 Å². The average molecular weight is 453 g/mol. The molecule has 9 heteroatoms. The van der Waals surface area contributed by atoms with Crippen LogP contribution < -0.4 is 0 Å². The second kappa shape index (κ2) is 8.18. The van der Waals surface area contributed by atoms with Gasteiger partial charge in [-0.15, -0.1) is 11.3 Å². The van der Waals surface area contributed by atoms with Crippen molar-refractivity contribution in [1.29, 1.82) is 0 Å². The van der Waals surface area contributed by atoms with E-state index in [2.05, 4.69) is 20.9 Å². The van der Waals surface area contributed by atoms with Gasteiger partial charge in [-0.3, -0.25) is 10.1 Å². The summed E-state index contributed by atoms with van der Waals surface area (Å²) >= 11 is 4.49. The molecule has 1 aliphatic rings. The van der Waals surface area contributed by atoms with Crippen LogP contribution in [-0.2, 0) is 17.6 Å². The molecule has 1 heterocycles. The van der Waals surface area contributed by atoms with E-state index in [1.54, 1.807) is 6.92 Å². The molecular formula is C18H17BrN2O5S. The Hall–Kier alpha value is -2.26. The maximum absolute atomic E-state index is 12.4. The fourth-order valence-corrected chi connectivity index (χ4v) is 4.72. The highest BCUT2D eigenvalue weighted by Crippen LogP contribution is 2.41. The zero-order chi connectivity index (χ0) is 19.6. The van der Waals surface area contributed by atoms with Crippen LogP contribution in [0.3, 0.4) is 0 Å². The number of aromatic hydroxyl groups is 1. The van der Waals surface area contributed by atoms with Gasteiger partial charge in [-0.1, -0.05) is 0 Å². The molecule has 1 N–H and O–H groups in total. The minimum atomic E-state index is -0.662. The molecule has 0 fully saturated rings. The number of esters is 1. The molecule has 0 saturated heterocycles. The minimum absolute atomic E-state index is 0.181. The van der Waals surface area contributed by atoms with E-state index in [0.717, 1.165) is 36.1 Å². The normalized spacial score (nSPS) is 13.6. The number of halogens is 1. The molecule has 0 bridgehead atoms. The molecule has 3 rings (SSSR count). The lowest BCUT2D eigenvalue weighted by atomic mass is 9.95. The third kappa shape index (κ3) is 3.89. The summed E-state index contributed by atoms with van der Waals surface area (Å²) in [6.45, 7) is 2.02. The summed E-state index contributed by atoms with van der Waals surface area (Å²) in [5.74, 6) is -0.882. The van der Waals surface area contributed by atoms with Crippen molar-refractivity contribution in [2.45, 2.75) is 32.6 Å². The number of hydrogen-bond acceptors (Lipinski definition) is 7. The Morgan fingerprint density at radius 2 is 2.19 bits per heavy atom. The lowest BCUT2D eigenvalue weighted by Gasteiger charge is -2.11. The molecule has 0 radical (unpaired) electrons. The number of carbonyl (C=O) groups is 1. The number of aryl methyl sites for hydroxylation is 1. The maximum Gasteiger partial charge on any atom is 0.341 e. The second-order valence-electron chi connectivity index (χ2n) is 5.96. The van der Waals surface area contributed by atoms with Crippen molar-refractivity contribution in [1.82, 2.24) is 0 Å². The highest BCUT2D eigenvalue weighted by atomic mass is 79.9. The van der Waals surface area contributed by atoms with Crippen LogP contribution in [0.15, 0.2) is 21.6 Å². The number of nitro groups is 1. The van der Waals surface area contributed by atoms with Gasteiger partial charge < -0.3 is 9.84 Å². The molecule has 0 aliphatic heterocycles. The molecule has 27 heavy (non-hydrogen) atoms. The maximum atomic E-state index is 12.4. The highest BCUT2D eigenvalue weighted by Gasteiger charge is 2.26. The minimum Gasteiger partial charge on any atom is -0.502 e. The Morgan fingerprint density at radius 3 is 2.89 bits per heavy atom. The molecule has 0 atom stereocenters. The average Bonchev–Trinajstić information content (AvgIpc) is 2.99. The topological polar surface area (TPSA) is 102 Å². The summed E-state index contributed by atoms with van der Waals surface area (Å²) in [7, 11) is 0. The zero-order valence-electron chi connectivity index (χ0n) is 14.5. The molecule has 1 aliphatic carbocycles. The van der Waals surface area contributed by atoms with Crippen molar-refractivity contribution in [2.75, 3.05) is 6.61 Å². The first kappa shape index (κ1) is 19.5. The fraction of sp³-hybridized carbons (Fsp3) is 0.333. The molecule has 0 amide bonds. The standard InChI is InChI=1S/C18H17BrN2O5S/c1-2-26-18(23)14-11-5-3-4-6-13(11)27-17(14)20-9-10-7-8-12(19)15(16(10)22)21(24)25/h7-9,22H,2-6H2,1H3. The van der Waals surface area contributed by atoms with Crippen molar-refractivity contribution >= 4 is 50.1 Å². The quantitative estimate of drug-likeness (QED) is 0.299. The van der Waals surface area contributed by atoms with Gasteiger partial charge in [0.25, 0.3) is 0 Å². The first-order valence-corrected chi connectivity index (χ1v) is 10.1. The summed E-state index contributed by atoms with van der Waals surface area (Å²) in [6.07, 6.45) is 5.13. The summed E-state index contributed by atoms with van der Waals surface area (Å²) < 4.78 is 5.37. The Kier molecular flexibility index (Phi) is 5.91. The van der Waals surface area contributed by atoms with E-state index in [1.807, 2.05) is 0 Å². The molecule has 7 nitrogen and oxygen atoms in total. The number of aliphatic imine (C=N–C) groups is 1. The van der Waals surface area contributed by atoms with E-state index < -0.39 is 22.3 Å². The molecule has 1 aromatic heterocycles. The predicted octanol–water partition coefficient (Wildman–Crippen LogP) is 4.93. The van der Waals surface area contributed by atoms with E-state index in [9.17, 15) is 20.0 Å². The summed E-state index contributed by atoms with van der Waals surface area (Å²) in [4.78, 5) is 28.4. The molecule has 142 valence electrons. The Labute approximate surface area is 168 Å². The number of ether oxygens (including phenoxy) is 1. The van der Waals surface area contributed by atoms with E-state index in [4.69, 9.17) is 4.74 Å². The molecule has 0 saturated carbocycles. The van der Waals surface area contributed by atoms with Gasteiger partial charge >= 0.3 is 11.7 Å². The number of phenolic OH excluding ortho intramolecular Hbond substituents is 1. The summed E-state index contributed by atoms with van der Waals surface area (Å²) in [5.41, 5.74) is 1.24. The lowest BCUT2D eigenvalue weighted by Crippen LogP contribution is -2.09. The number of fused-ring (bicyclic) bond motifs is 1. The molecule has 0 unspecified atom stereocenters. The van der Waals surface area contributed by atoms with Gasteiger partial charge in [0.2, 0.25) is 5.75 Å². The van der Waals surface area contributed by atoms with Crippen LogP contribution in [0.2, 0.25) is 0 Å². The van der Waals surface area contributed by atoms with Crippen molar-refractivity contribution < 1.29 is 19.6 Å². The van der Waals surface area contributed by atoms with Crippen LogP contribution in [0.4, 0.5) is 10.7 Å². The Bertz CT molecular complexity index is 938. The van der Waals surface area contributed by atoms with Gasteiger partial charge in [0.15, 0.2) is 0 Å². The van der Waals surface area contributed by atoms with Gasteiger partial charge in [0.1, 0.15) is 5.00 Å². The molecule has 0 spiro atoms. The van der Waals surface area contributed by atoms with Crippen molar-refractivity contribution in [3.63, 3.8) is 0 Å². The number of thiophene rings is 1. The van der Waals surface area contributed by atoms with Gasteiger partial charge in [-0.25, -0.2) is 9.79 Å². The number of nitrogens with zero attached hydrogens (tertiary/aromatic N) is 2. The van der Waals surface area contributed by atoms with Gasteiger partial charge in [0.05, 0.1) is 21.6 Å². The van der Waals surface area contributed by atoms with Crippen molar-refractivity contribution in [3.05, 3.63) is 48.3 Å². The summed E-state index contributed by atoms with van der Waals surface area (Å²) in [6, 6.07) is 3.00. The van der Waals surface area contributed by atoms with Crippen LogP contribution in [0.5, 0.6) is 5.75 Å². The van der Waals surface area contributed by atoms with Crippen molar-refractivity contribution in [3.8, 4) is 5.75 Å². The Morgan fingerprint density at radius 1 is 1.44 bits per heavy atom. The SMILES string of the molecule is CCOC(=O)c1c(N=Cc2ccc(Br)c([N+](=O)[O-])c2O)sc2c1CCCC2. The van der Waals surface area contributed by atoms with E-state index in [-0.39, 0.29) is 16.6 Å². The number of phenols is 1. The van der Waals surface area contributed by atoms with Crippen LogP contribution in [0, 0.1) is 10.1 Å². The largest absolute Gasteiger partial charge is 0.502 e. The monoisotopic (exact) mass is 452 g/mol. The first-order valence-electron chi connectivity index (χ1n) is 8.45. The molecular weight excluding hydrogens is 436 g/mol. The number of nitro benzene ring substituents is 1. The van der Waals surface area contributed by atoms with E-state index in [0.29, 0.717) is 10.6 Å². The smallest absolute Gasteiger partial charge is 0.341 e.